The number of anilines is 1. The first-order valence-corrected chi connectivity index (χ1v) is 10.4. The molecule has 1 saturated heterocycles. The number of rotatable bonds is 2. The molecule has 0 aliphatic carbocycles. The number of hydrogen-bond donors (Lipinski definition) is 1. The minimum Gasteiger partial charge on any atom is -0.454 e. The summed E-state index contributed by atoms with van der Waals surface area (Å²) in [5, 5.41) is 4.10. The summed E-state index contributed by atoms with van der Waals surface area (Å²) in [5.41, 5.74) is 1.84. The van der Waals surface area contributed by atoms with E-state index in [-0.39, 0.29) is 12.8 Å². The zero-order valence-electron chi connectivity index (χ0n) is 14.4. The van der Waals surface area contributed by atoms with Crippen LogP contribution in [-0.2, 0) is 0 Å². The SMILES string of the molecule is O=C(Nc1ccc(Cl)c(Cl)c1)N1CCSC(c2ccc3c(c2)OCO3)CC1. The van der Waals surface area contributed by atoms with Gasteiger partial charge in [0.2, 0.25) is 6.79 Å². The van der Waals surface area contributed by atoms with Crippen LogP contribution >= 0.6 is 35.0 Å². The highest BCUT2D eigenvalue weighted by atomic mass is 35.5. The molecule has 1 fully saturated rings. The molecule has 0 aromatic heterocycles. The number of carbonyl (C=O) groups is 1. The van der Waals surface area contributed by atoms with Gasteiger partial charge in [0.15, 0.2) is 11.5 Å². The molecule has 1 unspecified atom stereocenters. The average molecular weight is 425 g/mol. The summed E-state index contributed by atoms with van der Waals surface area (Å²) in [6.07, 6.45) is 0.874. The molecule has 0 radical (unpaired) electrons. The molecule has 0 saturated carbocycles. The van der Waals surface area contributed by atoms with Crippen LogP contribution < -0.4 is 14.8 Å². The van der Waals surface area contributed by atoms with Crippen LogP contribution in [0.4, 0.5) is 10.5 Å². The van der Waals surface area contributed by atoms with Gasteiger partial charge in [0.25, 0.3) is 0 Å². The normalized spacial score (nSPS) is 18.9. The first kappa shape index (κ1) is 18.6. The molecule has 142 valence electrons. The first-order chi connectivity index (χ1) is 13.1. The van der Waals surface area contributed by atoms with Gasteiger partial charge in [-0.2, -0.15) is 11.8 Å². The van der Waals surface area contributed by atoms with E-state index in [4.69, 9.17) is 32.7 Å². The molecule has 0 bridgehead atoms. The molecule has 1 N–H and O–H groups in total. The van der Waals surface area contributed by atoms with E-state index < -0.39 is 0 Å². The quantitative estimate of drug-likeness (QED) is 0.697. The molecule has 5 nitrogen and oxygen atoms in total. The van der Waals surface area contributed by atoms with Crippen molar-refractivity contribution in [1.29, 1.82) is 0 Å². The van der Waals surface area contributed by atoms with Gasteiger partial charge in [-0.25, -0.2) is 4.79 Å². The molecular weight excluding hydrogens is 407 g/mol. The fraction of sp³-hybridized carbons (Fsp3) is 0.316. The molecular formula is C19H18Cl2N2O3S. The Kier molecular flexibility index (Phi) is 5.57. The molecule has 4 rings (SSSR count). The van der Waals surface area contributed by atoms with Crippen LogP contribution in [0.1, 0.15) is 17.2 Å². The van der Waals surface area contributed by atoms with Crippen molar-refractivity contribution in [2.24, 2.45) is 0 Å². The topological polar surface area (TPSA) is 50.8 Å². The maximum absolute atomic E-state index is 12.6. The molecule has 2 heterocycles. The molecule has 2 amide bonds. The summed E-state index contributed by atoms with van der Waals surface area (Å²) in [5.74, 6) is 2.46. The lowest BCUT2D eigenvalue weighted by atomic mass is 10.1. The Labute approximate surface area is 171 Å². The van der Waals surface area contributed by atoms with Gasteiger partial charge in [-0.3, -0.25) is 0 Å². The van der Waals surface area contributed by atoms with Crippen molar-refractivity contribution >= 4 is 46.7 Å². The van der Waals surface area contributed by atoms with Gasteiger partial charge in [0.1, 0.15) is 0 Å². The van der Waals surface area contributed by atoms with Crippen molar-refractivity contribution < 1.29 is 14.3 Å². The van der Waals surface area contributed by atoms with E-state index >= 15 is 0 Å². The molecule has 0 spiro atoms. The second-order valence-corrected chi connectivity index (χ2v) is 8.43. The van der Waals surface area contributed by atoms with Crippen LogP contribution in [0.25, 0.3) is 0 Å². The Morgan fingerprint density at radius 1 is 1.07 bits per heavy atom. The van der Waals surface area contributed by atoms with Crippen LogP contribution in [0.2, 0.25) is 10.0 Å². The fourth-order valence-electron chi connectivity index (χ4n) is 3.13. The third-order valence-electron chi connectivity index (χ3n) is 4.57. The molecule has 8 heteroatoms. The third-order valence-corrected chi connectivity index (χ3v) is 6.64. The second-order valence-electron chi connectivity index (χ2n) is 6.31. The zero-order valence-corrected chi connectivity index (χ0v) is 16.7. The number of benzene rings is 2. The molecule has 2 aromatic rings. The lowest BCUT2D eigenvalue weighted by Crippen LogP contribution is -2.36. The highest BCUT2D eigenvalue weighted by Crippen LogP contribution is 2.40. The molecule has 27 heavy (non-hydrogen) atoms. The summed E-state index contributed by atoms with van der Waals surface area (Å²) in [7, 11) is 0. The molecule has 1 atom stereocenters. The number of nitrogens with one attached hydrogen (secondary N) is 1. The van der Waals surface area contributed by atoms with Gasteiger partial charge in [0, 0.05) is 29.8 Å². The van der Waals surface area contributed by atoms with Gasteiger partial charge < -0.3 is 19.7 Å². The highest BCUT2D eigenvalue weighted by Gasteiger charge is 2.24. The standard InChI is InChI=1S/C19H18Cl2N2O3S/c20-14-3-2-13(10-15(14)21)22-19(24)23-6-5-18(27-8-7-23)12-1-4-16-17(9-12)26-11-25-16/h1-4,9-10,18H,5-8,11H2,(H,22,24). The summed E-state index contributed by atoms with van der Waals surface area (Å²) in [6.45, 7) is 1.65. The average Bonchev–Trinajstić information content (AvgIpc) is 2.99. The van der Waals surface area contributed by atoms with Crippen molar-refractivity contribution in [2.75, 3.05) is 31.0 Å². The van der Waals surface area contributed by atoms with E-state index in [0.717, 1.165) is 23.7 Å². The van der Waals surface area contributed by atoms with E-state index in [0.29, 0.717) is 34.1 Å². The van der Waals surface area contributed by atoms with E-state index in [1.165, 1.54) is 5.56 Å². The number of nitrogens with zero attached hydrogens (tertiary/aromatic N) is 1. The van der Waals surface area contributed by atoms with Crippen molar-refractivity contribution in [1.82, 2.24) is 4.90 Å². The van der Waals surface area contributed by atoms with Gasteiger partial charge >= 0.3 is 6.03 Å². The lowest BCUT2D eigenvalue weighted by molar-refractivity contribution is 0.174. The Hall–Kier alpha value is -1.76. The monoisotopic (exact) mass is 424 g/mol. The number of ether oxygens (including phenoxy) is 2. The van der Waals surface area contributed by atoms with Gasteiger partial charge in [-0.1, -0.05) is 29.3 Å². The first-order valence-electron chi connectivity index (χ1n) is 8.62. The number of amides is 2. The van der Waals surface area contributed by atoms with E-state index in [9.17, 15) is 4.79 Å². The highest BCUT2D eigenvalue weighted by molar-refractivity contribution is 7.99. The van der Waals surface area contributed by atoms with Crippen molar-refractivity contribution in [3.63, 3.8) is 0 Å². The minimum atomic E-state index is -0.125. The summed E-state index contributed by atoms with van der Waals surface area (Å²) in [4.78, 5) is 14.4. The largest absolute Gasteiger partial charge is 0.454 e. The summed E-state index contributed by atoms with van der Waals surface area (Å²) in [6, 6.07) is 11.0. The predicted octanol–water partition coefficient (Wildman–Crippen LogP) is 5.43. The van der Waals surface area contributed by atoms with Crippen LogP contribution in [0, 0.1) is 0 Å². The van der Waals surface area contributed by atoms with Crippen molar-refractivity contribution in [2.45, 2.75) is 11.7 Å². The van der Waals surface area contributed by atoms with Crippen LogP contribution in [0.5, 0.6) is 11.5 Å². The van der Waals surface area contributed by atoms with Crippen molar-refractivity contribution in [3.05, 3.63) is 52.0 Å². The number of hydrogen-bond acceptors (Lipinski definition) is 4. The number of thioether (sulfide) groups is 1. The third kappa shape index (κ3) is 4.23. The molecule has 2 aliphatic rings. The lowest BCUT2D eigenvalue weighted by Gasteiger charge is -2.21. The maximum atomic E-state index is 12.6. The van der Waals surface area contributed by atoms with Crippen LogP contribution in [0.15, 0.2) is 36.4 Å². The van der Waals surface area contributed by atoms with Crippen LogP contribution in [-0.4, -0.2) is 36.6 Å². The van der Waals surface area contributed by atoms with Gasteiger partial charge in [-0.05, 0) is 42.3 Å². The van der Waals surface area contributed by atoms with E-state index in [2.05, 4.69) is 11.4 Å². The number of fused-ring (bicyclic) bond motifs is 1. The zero-order chi connectivity index (χ0) is 18.8. The van der Waals surface area contributed by atoms with Gasteiger partial charge in [-0.15, -0.1) is 0 Å². The van der Waals surface area contributed by atoms with E-state index in [1.54, 1.807) is 18.2 Å². The van der Waals surface area contributed by atoms with Crippen molar-refractivity contribution in [3.8, 4) is 11.5 Å². The summed E-state index contributed by atoms with van der Waals surface area (Å²) < 4.78 is 10.9. The van der Waals surface area contributed by atoms with Gasteiger partial charge in [0.05, 0.1) is 10.0 Å². The Balaban J connectivity index is 1.39. The second kappa shape index (κ2) is 8.09. The number of urea groups is 1. The fourth-order valence-corrected chi connectivity index (χ4v) is 4.65. The number of carbonyl (C=O) groups excluding carboxylic acids is 1. The smallest absolute Gasteiger partial charge is 0.321 e. The van der Waals surface area contributed by atoms with Crippen LogP contribution in [0.3, 0.4) is 0 Å². The Morgan fingerprint density at radius 2 is 1.93 bits per heavy atom. The Morgan fingerprint density at radius 3 is 2.78 bits per heavy atom. The number of halogens is 2. The molecule has 2 aromatic carbocycles. The minimum absolute atomic E-state index is 0.125. The maximum Gasteiger partial charge on any atom is 0.321 e. The molecule has 2 aliphatic heterocycles. The summed E-state index contributed by atoms with van der Waals surface area (Å²) >= 11 is 13.8. The predicted molar refractivity (Wildman–Crippen MR) is 109 cm³/mol. The Bertz CT molecular complexity index is 865. The van der Waals surface area contributed by atoms with E-state index in [1.807, 2.05) is 28.8 Å².